The number of carbonyl (C=O) groups excluding carboxylic acids is 3. The molecule has 2 aliphatic heterocycles. The average Bonchev–Trinajstić information content (AvgIpc) is 3.08. The fraction of sp³-hybridized carbons (Fsp3) is 0.261. The van der Waals surface area contributed by atoms with Gasteiger partial charge in [-0.2, -0.15) is 0 Å². The highest BCUT2D eigenvalue weighted by molar-refractivity contribution is 6.35. The Balaban J connectivity index is 1.53. The second-order valence-corrected chi connectivity index (χ2v) is 8.56. The Hall–Kier alpha value is -3.10. The number of benzene rings is 2. The van der Waals surface area contributed by atoms with Gasteiger partial charge in [0.2, 0.25) is 5.91 Å². The third kappa shape index (κ3) is 4.67. The molecule has 7 nitrogen and oxygen atoms in total. The Kier molecular flexibility index (Phi) is 6.58. The number of amides is 4. The minimum atomic E-state index is -0.757. The Morgan fingerprint density at radius 2 is 2.00 bits per heavy atom. The van der Waals surface area contributed by atoms with E-state index in [0.29, 0.717) is 39.0 Å². The van der Waals surface area contributed by atoms with Crippen LogP contribution in [0.3, 0.4) is 0 Å². The molecule has 0 saturated heterocycles. The molecule has 2 aromatic carbocycles. The summed E-state index contributed by atoms with van der Waals surface area (Å²) in [6.45, 7) is 2.21. The van der Waals surface area contributed by atoms with E-state index in [2.05, 4.69) is 10.6 Å². The van der Waals surface area contributed by atoms with Crippen LogP contribution in [0.25, 0.3) is 0 Å². The fourth-order valence-electron chi connectivity index (χ4n) is 4.06. The van der Waals surface area contributed by atoms with Gasteiger partial charge in [0.15, 0.2) is 0 Å². The Morgan fingerprint density at radius 1 is 1.21 bits per heavy atom. The van der Waals surface area contributed by atoms with Crippen molar-refractivity contribution in [3.63, 3.8) is 0 Å². The number of hydrogen-bond donors (Lipinski definition) is 2. The highest BCUT2D eigenvalue weighted by Crippen LogP contribution is 2.39. The second kappa shape index (κ2) is 9.41. The first-order valence-corrected chi connectivity index (χ1v) is 11.1. The molecule has 0 fully saturated rings. The molecular formula is C23H21Cl2FN4O3. The summed E-state index contributed by atoms with van der Waals surface area (Å²) in [6.07, 6.45) is 0. The third-order valence-corrected chi connectivity index (χ3v) is 6.16. The molecule has 33 heavy (non-hydrogen) atoms. The predicted molar refractivity (Wildman–Crippen MR) is 122 cm³/mol. The highest BCUT2D eigenvalue weighted by Gasteiger charge is 2.44. The summed E-state index contributed by atoms with van der Waals surface area (Å²) in [5.74, 6) is -1.15. The number of likely N-dealkylation sites (N-methyl/N-ethyl adjacent to an activating group) is 1. The van der Waals surface area contributed by atoms with Crippen molar-refractivity contribution in [3.05, 3.63) is 80.7 Å². The van der Waals surface area contributed by atoms with Crippen molar-refractivity contribution >= 4 is 41.0 Å². The van der Waals surface area contributed by atoms with E-state index in [1.54, 1.807) is 37.3 Å². The zero-order valence-electron chi connectivity index (χ0n) is 17.7. The first-order valence-electron chi connectivity index (χ1n) is 10.3. The van der Waals surface area contributed by atoms with Crippen molar-refractivity contribution in [2.24, 2.45) is 0 Å². The summed E-state index contributed by atoms with van der Waals surface area (Å²) in [4.78, 5) is 41.4. The number of nitrogens with zero attached hydrogens (tertiary/aromatic N) is 2. The summed E-state index contributed by atoms with van der Waals surface area (Å²) >= 11 is 12.4. The standard InChI is InChI=1S/C23H21Cl2FN4O3/c1-2-30-18-11-29(12-19(31)27-10-13-4-3-5-15(26)8-13)22(32)20(18)21(28-23(30)33)16-7-6-14(24)9-17(16)25/h3-9,21H,2,10-12H2,1H3,(H,27,31)(H,28,33)/t21-/m0/s1. The van der Waals surface area contributed by atoms with Gasteiger partial charge in [-0.1, -0.05) is 41.4 Å². The molecule has 2 N–H and O–H groups in total. The van der Waals surface area contributed by atoms with Crippen molar-refractivity contribution in [1.82, 2.24) is 20.4 Å². The predicted octanol–water partition coefficient (Wildman–Crippen LogP) is 3.63. The highest BCUT2D eigenvalue weighted by atomic mass is 35.5. The van der Waals surface area contributed by atoms with Gasteiger partial charge in [-0.15, -0.1) is 0 Å². The second-order valence-electron chi connectivity index (χ2n) is 7.72. The third-order valence-electron chi connectivity index (χ3n) is 5.60. The van der Waals surface area contributed by atoms with Gasteiger partial charge in [0.05, 0.1) is 23.9 Å². The lowest BCUT2D eigenvalue weighted by Crippen LogP contribution is -2.47. The first-order chi connectivity index (χ1) is 15.8. The Labute approximate surface area is 200 Å². The Bertz CT molecular complexity index is 1170. The van der Waals surface area contributed by atoms with E-state index in [1.807, 2.05) is 0 Å². The van der Waals surface area contributed by atoms with Crippen LogP contribution in [0.1, 0.15) is 24.1 Å². The maximum atomic E-state index is 13.3. The molecule has 1 atom stereocenters. The van der Waals surface area contributed by atoms with E-state index in [4.69, 9.17) is 23.2 Å². The molecule has 2 aliphatic rings. The summed E-state index contributed by atoms with van der Waals surface area (Å²) in [7, 11) is 0. The first kappa shape index (κ1) is 23.1. The van der Waals surface area contributed by atoms with Crippen LogP contribution in [-0.4, -0.2) is 47.3 Å². The van der Waals surface area contributed by atoms with Crippen LogP contribution in [0.4, 0.5) is 9.18 Å². The van der Waals surface area contributed by atoms with E-state index in [9.17, 15) is 18.8 Å². The van der Waals surface area contributed by atoms with Crippen LogP contribution in [0.5, 0.6) is 0 Å². The lowest BCUT2D eigenvalue weighted by Gasteiger charge is -2.33. The van der Waals surface area contributed by atoms with Crippen LogP contribution >= 0.6 is 23.2 Å². The maximum absolute atomic E-state index is 13.3. The van der Waals surface area contributed by atoms with Gasteiger partial charge in [0.25, 0.3) is 5.91 Å². The summed E-state index contributed by atoms with van der Waals surface area (Å²) in [5.41, 5.74) is 2.07. The summed E-state index contributed by atoms with van der Waals surface area (Å²) < 4.78 is 13.3. The van der Waals surface area contributed by atoms with E-state index >= 15 is 0 Å². The number of halogens is 3. The molecule has 0 radical (unpaired) electrons. The maximum Gasteiger partial charge on any atom is 0.322 e. The molecule has 0 saturated carbocycles. The molecule has 0 aliphatic carbocycles. The van der Waals surface area contributed by atoms with Crippen molar-refractivity contribution in [1.29, 1.82) is 0 Å². The molecule has 10 heteroatoms. The van der Waals surface area contributed by atoms with Gasteiger partial charge < -0.3 is 15.5 Å². The largest absolute Gasteiger partial charge is 0.350 e. The van der Waals surface area contributed by atoms with Gasteiger partial charge in [-0.05, 0) is 42.3 Å². The van der Waals surface area contributed by atoms with Crippen LogP contribution in [0.2, 0.25) is 10.0 Å². The summed E-state index contributed by atoms with van der Waals surface area (Å²) in [6, 6.07) is 9.66. The molecule has 0 unspecified atom stereocenters. The molecular weight excluding hydrogens is 470 g/mol. The molecule has 2 heterocycles. The molecule has 2 aromatic rings. The quantitative estimate of drug-likeness (QED) is 0.648. The number of nitrogens with one attached hydrogen (secondary N) is 2. The van der Waals surface area contributed by atoms with Gasteiger partial charge >= 0.3 is 6.03 Å². The molecule has 4 rings (SSSR count). The van der Waals surface area contributed by atoms with Gasteiger partial charge in [0.1, 0.15) is 12.4 Å². The Morgan fingerprint density at radius 3 is 2.70 bits per heavy atom. The van der Waals surface area contributed by atoms with Crippen molar-refractivity contribution in [3.8, 4) is 0 Å². The molecule has 0 aromatic heterocycles. The van der Waals surface area contributed by atoms with Crippen molar-refractivity contribution in [2.75, 3.05) is 19.6 Å². The minimum Gasteiger partial charge on any atom is -0.350 e. The van der Waals surface area contributed by atoms with Gasteiger partial charge in [0, 0.05) is 23.1 Å². The van der Waals surface area contributed by atoms with Crippen LogP contribution in [0, 0.1) is 5.82 Å². The fourth-order valence-corrected chi connectivity index (χ4v) is 4.57. The normalized spacial score (nSPS) is 17.9. The molecule has 0 bridgehead atoms. The number of rotatable bonds is 6. The minimum absolute atomic E-state index is 0.116. The zero-order chi connectivity index (χ0) is 23.7. The number of hydrogen-bond acceptors (Lipinski definition) is 3. The van der Waals surface area contributed by atoms with E-state index in [1.165, 1.54) is 21.9 Å². The van der Waals surface area contributed by atoms with E-state index in [0.717, 1.165) is 0 Å². The number of urea groups is 1. The van der Waals surface area contributed by atoms with E-state index < -0.39 is 17.8 Å². The smallest absolute Gasteiger partial charge is 0.322 e. The molecule has 4 amide bonds. The lowest BCUT2D eigenvalue weighted by atomic mass is 9.95. The molecule has 0 spiro atoms. The number of carbonyl (C=O) groups is 3. The van der Waals surface area contributed by atoms with Crippen LogP contribution in [0.15, 0.2) is 53.7 Å². The topological polar surface area (TPSA) is 81.8 Å². The molecule has 172 valence electrons. The average molecular weight is 491 g/mol. The lowest BCUT2D eigenvalue weighted by molar-refractivity contribution is -0.132. The van der Waals surface area contributed by atoms with E-state index in [-0.39, 0.29) is 31.6 Å². The SMILES string of the molecule is CCN1C(=O)N[C@@H](c2ccc(Cl)cc2Cl)C2=C1CN(CC(=O)NCc1cccc(F)c1)C2=O. The van der Waals surface area contributed by atoms with Crippen LogP contribution in [-0.2, 0) is 16.1 Å². The van der Waals surface area contributed by atoms with Gasteiger partial charge in [-0.3, -0.25) is 14.5 Å². The van der Waals surface area contributed by atoms with Crippen LogP contribution < -0.4 is 10.6 Å². The van der Waals surface area contributed by atoms with Crippen molar-refractivity contribution in [2.45, 2.75) is 19.5 Å². The zero-order valence-corrected chi connectivity index (χ0v) is 19.2. The summed E-state index contributed by atoms with van der Waals surface area (Å²) in [5, 5.41) is 6.29. The van der Waals surface area contributed by atoms with Crippen molar-refractivity contribution < 1.29 is 18.8 Å². The van der Waals surface area contributed by atoms with Gasteiger partial charge in [-0.25, -0.2) is 9.18 Å². The monoisotopic (exact) mass is 490 g/mol.